The van der Waals surface area contributed by atoms with Gasteiger partial charge in [-0.2, -0.15) is 0 Å². The van der Waals surface area contributed by atoms with E-state index in [-0.39, 0.29) is 17.1 Å². The standard InChI is InChI=1S/C22H22ClN3O4S/c1-2-30-21-8-4-3-7-20(21)26(31(28,29)19-11-9-18(23)10-12-19)16-22(27)25-15-17-6-5-13-24-14-17/h3-14H,2,15-16H2,1H3,(H,25,27). The van der Waals surface area contributed by atoms with Crippen LogP contribution < -0.4 is 14.4 Å². The van der Waals surface area contributed by atoms with E-state index in [4.69, 9.17) is 16.3 Å². The lowest BCUT2D eigenvalue weighted by molar-refractivity contribution is -0.119. The normalized spacial score (nSPS) is 11.0. The van der Waals surface area contributed by atoms with Crippen molar-refractivity contribution < 1.29 is 17.9 Å². The van der Waals surface area contributed by atoms with Gasteiger partial charge in [-0.25, -0.2) is 8.42 Å². The van der Waals surface area contributed by atoms with Gasteiger partial charge in [0.05, 0.1) is 17.2 Å². The molecule has 0 atom stereocenters. The summed E-state index contributed by atoms with van der Waals surface area (Å²) < 4.78 is 33.5. The molecule has 2 aromatic carbocycles. The van der Waals surface area contributed by atoms with E-state index in [9.17, 15) is 13.2 Å². The van der Waals surface area contributed by atoms with E-state index >= 15 is 0 Å². The maximum Gasteiger partial charge on any atom is 0.264 e. The Hall–Kier alpha value is -3.10. The summed E-state index contributed by atoms with van der Waals surface area (Å²) >= 11 is 5.91. The number of anilines is 1. The molecular weight excluding hydrogens is 438 g/mol. The first kappa shape index (κ1) is 22.6. The topological polar surface area (TPSA) is 88.6 Å². The number of para-hydroxylation sites is 2. The number of amides is 1. The third kappa shape index (κ3) is 5.74. The van der Waals surface area contributed by atoms with Crippen molar-refractivity contribution in [1.82, 2.24) is 10.3 Å². The smallest absolute Gasteiger partial charge is 0.264 e. The Labute approximate surface area is 186 Å². The van der Waals surface area contributed by atoms with E-state index in [0.717, 1.165) is 9.87 Å². The van der Waals surface area contributed by atoms with Gasteiger partial charge in [0, 0.05) is 24.0 Å². The van der Waals surface area contributed by atoms with Crippen LogP contribution in [0, 0.1) is 0 Å². The Balaban J connectivity index is 1.93. The highest BCUT2D eigenvalue weighted by Crippen LogP contribution is 2.32. The van der Waals surface area contributed by atoms with Gasteiger partial charge in [-0.1, -0.05) is 29.8 Å². The number of benzene rings is 2. The lowest BCUT2D eigenvalue weighted by Crippen LogP contribution is -2.40. The molecule has 7 nitrogen and oxygen atoms in total. The summed E-state index contributed by atoms with van der Waals surface area (Å²) in [6.45, 7) is 1.96. The summed E-state index contributed by atoms with van der Waals surface area (Å²) in [5.41, 5.74) is 1.08. The summed E-state index contributed by atoms with van der Waals surface area (Å²) in [6, 6.07) is 16.1. The van der Waals surface area contributed by atoms with Crippen molar-refractivity contribution in [2.45, 2.75) is 18.4 Å². The van der Waals surface area contributed by atoms with E-state index in [1.54, 1.807) is 49.6 Å². The molecule has 3 rings (SSSR count). The molecule has 0 spiro atoms. The lowest BCUT2D eigenvalue weighted by atomic mass is 10.3. The van der Waals surface area contributed by atoms with Crippen molar-refractivity contribution in [3.05, 3.63) is 83.6 Å². The first-order valence-electron chi connectivity index (χ1n) is 9.57. The van der Waals surface area contributed by atoms with Crippen LogP contribution >= 0.6 is 11.6 Å². The monoisotopic (exact) mass is 459 g/mol. The SMILES string of the molecule is CCOc1ccccc1N(CC(=O)NCc1cccnc1)S(=O)(=O)c1ccc(Cl)cc1. The van der Waals surface area contributed by atoms with E-state index in [2.05, 4.69) is 10.3 Å². The van der Waals surface area contributed by atoms with Crippen molar-refractivity contribution in [2.24, 2.45) is 0 Å². The molecule has 1 amide bonds. The number of carbonyl (C=O) groups is 1. The van der Waals surface area contributed by atoms with Crippen molar-refractivity contribution in [3.63, 3.8) is 0 Å². The molecular formula is C22H22ClN3O4S. The highest BCUT2D eigenvalue weighted by atomic mass is 35.5. The minimum Gasteiger partial charge on any atom is -0.492 e. The summed E-state index contributed by atoms with van der Waals surface area (Å²) in [4.78, 5) is 16.7. The molecule has 0 saturated carbocycles. The van der Waals surface area contributed by atoms with Crippen molar-refractivity contribution >= 4 is 33.2 Å². The largest absolute Gasteiger partial charge is 0.492 e. The van der Waals surface area contributed by atoms with Crippen LogP contribution in [0.25, 0.3) is 0 Å². The summed E-state index contributed by atoms with van der Waals surface area (Å²) in [6.07, 6.45) is 3.27. The summed E-state index contributed by atoms with van der Waals surface area (Å²) in [5, 5.41) is 3.15. The molecule has 0 aliphatic rings. The van der Waals surface area contributed by atoms with Gasteiger partial charge in [0.1, 0.15) is 12.3 Å². The zero-order valence-electron chi connectivity index (χ0n) is 16.9. The quantitative estimate of drug-likeness (QED) is 0.527. The molecule has 3 aromatic rings. The van der Waals surface area contributed by atoms with E-state index in [1.165, 1.54) is 24.3 Å². The van der Waals surface area contributed by atoms with E-state index in [0.29, 0.717) is 17.4 Å². The van der Waals surface area contributed by atoms with Gasteiger partial charge in [0.15, 0.2) is 0 Å². The number of pyridine rings is 1. The number of ether oxygens (including phenoxy) is 1. The maximum atomic E-state index is 13.4. The van der Waals surface area contributed by atoms with Gasteiger partial charge in [-0.05, 0) is 55.0 Å². The molecule has 0 radical (unpaired) electrons. The summed E-state index contributed by atoms with van der Waals surface area (Å²) in [5.74, 6) is -0.102. The fourth-order valence-electron chi connectivity index (χ4n) is 2.86. The number of rotatable bonds is 9. The highest BCUT2D eigenvalue weighted by Gasteiger charge is 2.29. The number of sulfonamides is 1. The van der Waals surface area contributed by atoms with Crippen LogP contribution in [0.3, 0.4) is 0 Å². The summed E-state index contributed by atoms with van der Waals surface area (Å²) in [7, 11) is -4.07. The van der Waals surface area contributed by atoms with Crippen LogP contribution in [0.5, 0.6) is 5.75 Å². The first-order valence-corrected chi connectivity index (χ1v) is 11.4. The molecule has 0 bridgehead atoms. The minimum atomic E-state index is -4.07. The van der Waals surface area contributed by atoms with Gasteiger partial charge >= 0.3 is 0 Å². The number of nitrogens with one attached hydrogen (secondary N) is 1. The Morgan fingerprint density at radius 2 is 1.84 bits per heavy atom. The van der Waals surface area contributed by atoms with Gasteiger partial charge in [-0.3, -0.25) is 14.1 Å². The minimum absolute atomic E-state index is 0.0169. The second-order valence-electron chi connectivity index (χ2n) is 6.50. The van der Waals surface area contributed by atoms with E-state index in [1.807, 2.05) is 6.07 Å². The molecule has 0 aliphatic heterocycles. The number of carbonyl (C=O) groups excluding carboxylic acids is 1. The molecule has 0 aliphatic carbocycles. The third-order valence-corrected chi connectivity index (χ3v) is 6.36. The molecule has 1 N–H and O–H groups in total. The molecule has 1 heterocycles. The number of hydrogen-bond donors (Lipinski definition) is 1. The molecule has 0 saturated heterocycles. The number of aromatic nitrogens is 1. The second kappa shape index (κ2) is 10.3. The van der Waals surface area contributed by atoms with Crippen LogP contribution in [-0.4, -0.2) is 32.5 Å². The third-order valence-electron chi connectivity index (χ3n) is 4.34. The van der Waals surface area contributed by atoms with Crippen LogP contribution in [-0.2, 0) is 21.4 Å². The second-order valence-corrected chi connectivity index (χ2v) is 8.80. The van der Waals surface area contributed by atoms with Crippen molar-refractivity contribution in [1.29, 1.82) is 0 Å². The number of nitrogens with zero attached hydrogens (tertiary/aromatic N) is 2. The fourth-order valence-corrected chi connectivity index (χ4v) is 4.42. The average Bonchev–Trinajstić information content (AvgIpc) is 2.78. The number of hydrogen-bond acceptors (Lipinski definition) is 5. The highest BCUT2D eigenvalue weighted by molar-refractivity contribution is 7.92. The number of halogens is 1. The molecule has 9 heteroatoms. The Morgan fingerprint density at radius 3 is 2.52 bits per heavy atom. The van der Waals surface area contributed by atoms with Crippen LogP contribution in [0.15, 0.2) is 78.0 Å². The van der Waals surface area contributed by atoms with E-state index < -0.39 is 22.5 Å². The molecule has 0 unspecified atom stereocenters. The van der Waals surface area contributed by atoms with Crippen LogP contribution in [0.4, 0.5) is 5.69 Å². The Kier molecular flexibility index (Phi) is 7.49. The van der Waals surface area contributed by atoms with Crippen molar-refractivity contribution in [3.8, 4) is 5.75 Å². The van der Waals surface area contributed by atoms with Crippen LogP contribution in [0.2, 0.25) is 5.02 Å². The van der Waals surface area contributed by atoms with Gasteiger partial charge in [0.2, 0.25) is 5.91 Å². The van der Waals surface area contributed by atoms with Gasteiger partial charge in [-0.15, -0.1) is 0 Å². The molecule has 31 heavy (non-hydrogen) atoms. The molecule has 0 fully saturated rings. The van der Waals surface area contributed by atoms with Crippen molar-refractivity contribution in [2.75, 3.05) is 17.5 Å². The predicted molar refractivity (Wildman–Crippen MR) is 120 cm³/mol. The average molecular weight is 460 g/mol. The molecule has 1 aromatic heterocycles. The zero-order valence-corrected chi connectivity index (χ0v) is 18.4. The predicted octanol–water partition coefficient (Wildman–Crippen LogP) is 3.65. The Morgan fingerprint density at radius 1 is 1.10 bits per heavy atom. The first-order chi connectivity index (χ1) is 14.9. The fraction of sp³-hybridized carbons (Fsp3) is 0.182. The maximum absolute atomic E-state index is 13.4. The van der Waals surface area contributed by atoms with Gasteiger partial charge < -0.3 is 10.1 Å². The zero-order chi connectivity index (χ0) is 22.3. The Bertz CT molecular complexity index is 1120. The molecule has 162 valence electrons. The van der Waals surface area contributed by atoms with Crippen LogP contribution in [0.1, 0.15) is 12.5 Å². The van der Waals surface area contributed by atoms with Gasteiger partial charge in [0.25, 0.3) is 10.0 Å². The lowest BCUT2D eigenvalue weighted by Gasteiger charge is -2.26.